The molecule has 1 fully saturated rings. The van der Waals surface area contributed by atoms with Crippen molar-refractivity contribution in [3.05, 3.63) is 0 Å². The Bertz CT molecular complexity index is 142. The van der Waals surface area contributed by atoms with Crippen LogP contribution in [0.15, 0.2) is 0 Å². The van der Waals surface area contributed by atoms with Gasteiger partial charge in [-0.3, -0.25) is 0 Å². The van der Waals surface area contributed by atoms with E-state index in [0.717, 1.165) is 12.5 Å². The lowest BCUT2D eigenvalue weighted by Crippen LogP contribution is -2.46. The van der Waals surface area contributed by atoms with Gasteiger partial charge in [0.05, 0.1) is 6.07 Å². The Kier molecular flexibility index (Phi) is 3.38. The van der Waals surface area contributed by atoms with Crippen LogP contribution in [0, 0.1) is 17.2 Å². The van der Waals surface area contributed by atoms with E-state index in [0.29, 0.717) is 6.42 Å². The summed E-state index contributed by atoms with van der Waals surface area (Å²) < 4.78 is 0. The minimum atomic E-state index is 0.693. The van der Waals surface area contributed by atoms with Gasteiger partial charge in [-0.2, -0.15) is 5.26 Å². The molecule has 0 N–H and O–H groups in total. The molecule has 1 aliphatic rings. The fraction of sp³-hybridized carbons (Fsp3) is 0.889. The molecule has 11 heavy (non-hydrogen) atoms. The molecule has 1 rings (SSSR count). The van der Waals surface area contributed by atoms with Gasteiger partial charge in [0.25, 0.3) is 0 Å². The zero-order chi connectivity index (χ0) is 8.10. The monoisotopic (exact) mass is 152 g/mol. The number of rotatable bonds is 4. The van der Waals surface area contributed by atoms with Crippen LogP contribution in [0.2, 0.25) is 0 Å². The van der Waals surface area contributed by atoms with Crippen molar-refractivity contribution in [2.45, 2.75) is 26.2 Å². The summed E-state index contributed by atoms with van der Waals surface area (Å²) in [4.78, 5) is 2.36. The Morgan fingerprint density at radius 1 is 1.55 bits per heavy atom. The lowest BCUT2D eigenvalue weighted by Gasteiger charge is -2.38. The van der Waals surface area contributed by atoms with E-state index < -0.39 is 0 Å². The minimum absolute atomic E-state index is 0.693. The maximum absolute atomic E-state index is 8.33. The predicted molar refractivity (Wildman–Crippen MR) is 45.1 cm³/mol. The molecule has 0 saturated carbocycles. The van der Waals surface area contributed by atoms with Crippen LogP contribution in [0.1, 0.15) is 26.2 Å². The smallest absolute Gasteiger partial charge is 0.0635 e. The van der Waals surface area contributed by atoms with Crippen LogP contribution in [-0.4, -0.2) is 24.5 Å². The molecule has 62 valence electrons. The molecule has 0 amide bonds. The van der Waals surface area contributed by atoms with Crippen LogP contribution >= 0.6 is 0 Å². The molecule has 0 atom stereocenters. The molecule has 1 saturated heterocycles. The Morgan fingerprint density at radius 2 is 2.27 bits per heavy atom. The highest BCUT2D eigenvalue weighted by atomic mass is 15.2. The second kappa shape index (κ2) is 4.35. The van der Waals surface area contributed by atoms with Crippen LogP contribution < -0.4 is 0 Å². The first-order valence-corrected chi connectivity index (χ1v) is 4.46. The van der Waals surface area contributed by atoms with E-state index in [2.05, 4.69) is 17.9 Å². The van der Waals surface area contributed by atoms with Gasteiger partial charge >= 0.3 is 0 Å². The van der Waals surface area contributed by atoms with Gasteiger partial charge in [0.2, 0.25) is 0 Å². The summed E-state index contributed by atoms with van der Waals surface area (Å²) in [5.41, 5.74) is 0. The molecule has 1 heterocycles. The summed E-state index contributed by atoms with van der Waals surface area (Å²) in [6.45, 7) is 5.68. The largest absolute Gasteiger partial charge is 0.302 e. The van der Waals surface area contributed by atoms with Gasteiger partial charge in [-0.05, 0) is 12.3 Å². The van der Waals surface area contributed by atoms with Crippen LogP contribution in [0.4, 0.5) is 0 Å². The first-order valence-electron chi connectivity index (χ1n) is 4.46. The van der Waals surface area contributed by atoms with Gasteiger partial charge in [0, 0.05) is 26.1 Å². The van der Waals surface area contributed by atoms with Crippen molar-refractivity contribution < 1.29 is 0 Å². The molecule has 1 aliphatic heterocycles. The molecule has 0 aromatic heterocycles. The van der Waals surface area contributed by atoms with Crippen LogP contribution in [0.3, 0.4) is 0 Å². The number of nitriles is 1. The normalized spacial score (nSPS) is 19.3. The quantitative estimate of drug-likeness (QED) is 0.612. The highest BCUT2D eigenvalue weighted by molar-refractivity contribution is 4.82. The second-order valence-electron chi connectivity index (χ2n) is 3.32. The number of hydrogen-bond acceptors (Lipinski definition) is 2. The van der Waals surface area contributed by atoms with Gasteiger partial charge in [-0.15, -0.1) is 0 Å². The zero-order valence-corrected chi connectivity index (χ0v) is 7.21. The van der Waals surface area contributed by atoms with Crippen LogP contribution in [0.25, 0.3) is 0 Å². The highest BCUT2D eigenvalue weighted by Crippen LogP contribution is 2.19. The van der Waals surface area contributed by atoms with E-state index in [1.807, 2.05) is 0 Å². The molecule has 0 radical (unpaired) electrons. The van der Waals surface area contributed by atoms with Crippen LogP contribution in [-0.2, 0) is 0 Å². The molecule has 0 spiro atoms. The average Bonchev–Trinajstić information content (AvgIpc) is 1.94. The minimum Gasteiger partial charge on any atom is -0.302 e. The lowest BCUT2D eigenvalue weighted by atomic mass is 9.95. The van der Waals surface area contributed by atoms with Gasteiger partial charge in [0.15, 0.2) is 0 Å². The lowest BCUT2D eigenvalue weighted by molar-refractivity contribution is 0.0966. The highest BCUT2D eigenvalue weighted by Gasteiger charge is 2.24. The predicted octanol–water partition coefficient (Wildman–Crippen LogP) is 1.63. The summed E-state index contributed by atoms with van der Waals surface area (Å²) in [6, 6.07) is 2.17. The maximum atomic E-state index is 8.33. The van der Waals surface area contributed by atoms with E-state index in [1.165, 1.54) is 25.9 Å². The van der Waals surface area contributed by atoms with Gasteiger partial charge in [0.1, 0.15) is 0 Å². The van der Waals surface area contributed by atoms with Crippen molar-refractivity contribution in [2.75, 3.05) is 19.6 Å². The van der Waals surface area contributed by atoms with E-state index >= 15 is 0 Å². The topological polar surface area (TPSA) is 27.0 Å². The molecule has 0 aliphatic carbocycles. The fourth-order valence-corrected chi connectivity index (χ4v) is 1.66. The van der Waals surface area contributed by atoms with E-state index in [-0.39, 0.29) is 0 Å². The molecule has 0 unspecified atom stereocenters. The second-order valence-corrected chi connectivity index (χ2v) is 3.32. The third-order valence-electron chi connectivity index (χ3n) is 2.27. The van der Waals surface area contributed by atoms with Crippen molar-refractivity contribution in [3.8, 4) is 6.07 Å². The number of nitrogens with zero attached hydrogens (tertiary/aromatic N) is 2. The van der Waals surface area contributed by atoms with Crippen molar-refractivity contribution in [1.29, 1.82) is 5.26 Å². The summed E-state index contributed by atoms with van der Waals surface area (Å²) in [7, 11) is 0. The Labute approximate surface area is 68.8 Å². The molecule has 0 bridgehead atoms. The molecular formula is C9H16N2. The molecule has 2 heteroatoms. The summed E-state index contributed by atoms with van der Waals surface area (Å²) in [6.07, 6.45) is 3.36. The standard InChI is InChI=1S/C9H16N2/c1-2-4-9-7-11(8-9)6-3-5-10/h9H,2-4,6-8H2,1H3. The summed E-state index contributed by atoms with van der Waals surface area (Å²) in [5.74, 6) is 0.929. The number of likely N-dealkylation sites (tertiary alicyclic amines) is 1. The van der Waals surface area contributed by atoms with Gasteiger partial charge < -0.3 is 4.90 Å². The Balaban J connectivity index is 1.97. The van der Waals surface area contributed by atoms with Gasteiger partial charge in [-0.25, -0.2) is 0 Å². The van der Waals surface area contributed by atoms with Gasteiger partial charge in [-0.1, -0.05) is 13.3 Å². The third-order valence-corrected chi connectivity index (χ3v) is 2.27. The SMILES string of the molecule is CCCC1CN(CCC#N)C1. The van der Waals surface area contributed by atoms with Crippen molar-refractivity contribution in [2.24, 2.45) is 5.92 Å². The first kappa shape index (κ1) is 8.55. The van der Waals surface area contributed by atoms with Crippen molar-refractivity contribution >= 4 is 0 Å². The molecule has 0 aromatic rings. The first-order chi connectivity index (χ1) is 5.36. The molecule has 0 aromatic carbocycles. The third kappa shape index (κ3) is 2.51. The van der Waals surface area contributed by atoms with Crippen molar-refractivity contribution in [1.82, 2.24) is 4.90 Å². The molecular weight excluding hydrogens is 136 g/mol. The maximum Gasteiger partial charge on any atom is 0.0635 e. The van der Waals surface area contributed by atoms with Crippen LogP contribution in [0.5, 0.6) is 0 Å². The number of hydrogen-bond donors (Lipinski definition) is 0. The van der Waals surface area contributed by atoms with Crippen molar-refractivity contribution in [3.63, 3.8) is 0 Å². The zero-order valence-electron chi connectivity index (χ0n) is 7.21. The van der Waals surface area contributed by atoms with E-state index in [9.17, 15) is 0 Å². The van der Waals surface area contributed by atoms with E-state index in [1.54, 1.807) is 0 Å². The average molecular weight is 152 g/mol. The fourth-order valence-electron chi connectivity index (χ4n) is 1.66. The summed E-state index contributed by atoms with van der Waals surface area (Å²) >= 11 is 0. The Hall–Kier alpha value is -0.550. The summed E-state index contributed by atoms with van der Waals surface area (Å²) in [5, 5.41) is 8.33. The molecule has 2 nitrogen and oxygen atoms in total. The Morgan fingerprint density at radius 3 is 2.82 bits per heavy atom. The van der Waals surface area contributed by atoms with E-state index in [4.69, 9.17) is 5.26 Å².